The van der Waals surface area contributed by atoms with Crippen molar-refractivity contribution in [2.45, 2.75) is 44.3 Å². The molecule has 0 aromatic heterocycles. The fourth-order valence-corrected chi connectivity index (χ4v) is 3.13. The Kier molecular flexibility index (Phi) is 4.53. The molecule has 0 amide bonds. The summed E-state index contributed by atoms with van der Waals surface area (Å²) in [7, 11) is 0. The molecule has 1 aromatic carbocycles. The second kappa shape index (κ2) is 6.55. The molecule has 1 aliphatic heterocycles. The van der Waals surface area contributed by atoms with E-state index in [1.165, 1.54) is 37.8 Å². The highest BCUT2D eigenvalue weighted by Gasteiger charge is 2.24. The molecule has 20 heavy (non-hydrogen) atoms. The van der Waals surface area contributed by atoms with E-state index in [-0.39, 0.29) is 0 Å². The van der Waals surface area contributed by atoms with Crippen LogP contribution < -0.4 is 10.6 Å². The summed E-state index contributed by atoms with van der Waals surface area (Å²) in [5.41, 5.74) is 1.40. The minimum Gasteiger partial charge on any atom is -0.360 e. The number of benzene rings is 1. The zero-order valence-corrected chi connectivity index (χ0v) is 12.7. The second-order valence-corrected chi connectivity index (χ2v) is 6.36. The molecule has 4 heteroatoms. The van der Waals surface area contributed by atoms with E-state index in [0.717, 1.165) is 18.2 Å². The minimum absolute atomic E-state index is 0.492. The summed E-state index contributed by atoms with van der Waals surface area (Å²) >= 11 is 5.38. The number of hydrogen-bond donors (Lipinski definition) is 2. The van der Waals surface area contributed by atoms with Gasteiger partial charge in [-0.3, -0.25) is 4.90 Å². The Balaban J connectivity index is 1.47. The number of rotatable bonds is 4. The van der Waals surface area contributed by atoms with Crippen LogP contribution in [0.2, 0.25) is 0 Å². The summed E-state index contributed by atoms with van der Waals surface area (Å²) in [5, 5.41) is 7.70. The van der Waals surface area contributed by atoms with Crippen LogP contribution in [0.15, 0.2) is 30.3 Å². The van der Waals surface area contributed by atoms with Gasteiger partial charge in [0.15, 0.2) is 5.11 Å². The number of piperidine rings is 1. The summed E-state index contributed by atoms with van der Waals surface area (Å²) in [6.45, 7) is 3.32. The molecule has 2 N–H and O–H groups in total. The van der Waals surface area contributed by atoms with E-state index in [4.69, 9.17) is 12.2 Å². The normalized spacial score (nSPS) is 23.3. The molecule has 0 spiro atoms. The molecular weight excluding hydrogens is 266 g/mol. The fraction of sp³-hybridized carbons (Fsp3) is 0.562. The predicted molar refractivity (Wildman–Crippen MR) is 86.6 cm³/mol. The van der Waals surface area contributed by atoms with Gasteiger partial charge in [-0.05, 0) is 50.0 Å². The van der Waals surface area contributed by atoms with E-state index >= 15 is 0 Å². The van der Waals surface area contributed by atoms with E-state index in [1.807, 2.05) is 0 Å². The molecule has 108 valence electrons. The average molecular weight is 289 g/mol. The molecule has 0 bridgehead atoms. The number of nitrogens with one attached hydrogen (secondary N) is 2. The first-order valence-electron chi connectivity index (χ1n) is 7.63. The van der Waals surface area contributed by atoms with Crippen LogP contribution in [-0.2, 0) is 6.54 Å². The second-order valence-electron chi connectivity index (χ2n) is 5.95. The van der Waals surface area contributed by atoms with Gasteiger partial charge in [-0.15, -0.1) is 0 Å². The van der Waals surface area contributed by atoms with E-state index in [1.54, 1.807) is 0 Å². The molecule has 2 fully saturated rings. The van der Waals surface area contributed by atoms with Crippen molar-refractivity contribution in [1.29, 1.82) is 0 Å². The Bertz CT molecular complexity index is 444. The lowest BCUT2D eigenvalue weighted by molar-refractivity contribution is 0.193. The van der Waals surface area contributed by atoms with Crippen LogP contribution in [0.3, 0.4) is 0 Å². The highest BCUT2D eigenvalue weighted by atomic mass is 32.1. The highest BCUT2D eigenvalue weighted by Crippen LogP contribution is 2.19. The fourth-order valence-electron chi connectivity index (χ4n) is 2.80. The van der Waals surface area contributed by atoms with E-state index in [2.05, 4.69) is 45.9 Å². The molecule has 1 unspecified atom stereocenters. The molecule has 2 aliphatic rings. The summed E-state index contributed by atoms with van der Waals surface area (Å²) < 4.78 is 0. The molecule has 1 aromatic rings. The van der Waals surface area contributed by atoms with Gasteiger partial charge in [-0.25, -0.2) is 0 Å². The van der Waals surface area contributed by atoms with Gasteiger partial charge in [0.05, 0.1) is 0 Å². The topological polar surface area (TPSA) is 27.3 Å². The third kappa shape index (κ3) is 4.18. The van der Waals surface area contributed by atoms with Crippen molar-refractivity contribution in [3.8, 4) is 0 Å². The zero-order valence-electron chi connectivity index (χ0n) is 11.8. The Morgan fingerprint density at radius 2 is 1.85 bits per heavy atom. The highest BCUT2D eigenvalue weighted by molar-refractivity contribution is 7.80. The molecule has 3 nitrogen and oxygen atoms in total. The quantitative estimate of drug-likeness (QED) is 0.832. The van der Waals surface area contributed by atoms with Gasteiger partial charge in [-0.1, -0.05) is 30.3 Å². The van der Waals surface area contributed by atoms with Crippen LogP contribution >= 0.6 is 12.2 Å². The molecule has 1 saturated carbocycles. The van der Waals surface area contributed by atoms with Gasteiger partial charge in [0.2, 0.25) is 0 Å². The molecule has 3 rings (SSSR count). The van der Waals surface area contributed by atoms with Crippen LogP contribution in [0, 0.1) is 0 Å². The first-order chi connectivity index (χ1) is 9.79. The summed E-state index contributed by atoms with van der Waals surface area (Å²) in [5.74, 6) is 0. The standard InChI is InChI=1S/C16H23N3S/c20-16(17-14-8-9-14)18-15-7-4-10-19(12-15)11-13-5-2-1-3-6-13/h1-3,5-6,14-15H,4,7-12H2,(H2,17,18,20). The Morgan fingerprint density at radius 1 is 1.10 bits per heavy atom. The maximum atomic E-state index is 5.38. The third-order valence-electron chi connectivity index (χ3n) is 4.00. The molecule has 1 saturated heterocycles. The number of likely N-dealkylation sites (tertiary alicyclic amines) is 1. The molecule has 1 atom stereocenters. The van der Waals surface area contributed by atoms with Gasteiger partial charge < -0.3 is 10.6 Å². The van der Waals surface area contributed by atoms with Crippen molar-refractivity contribution >= 4 is 17.3 Å². The molecule has 0 radical (unpaired) electrons. The zero-order chi connectivity index (χ0) is 13.8. The van der Waals surface area contributed by atoms with E-state index < -0.39 is 0 Å². The maximum Gasteiger partial charge on any atom is 0.166 e. The van der Waals surface area contributed by atoms with E-state index in [9.17, 15) is 0 Å². The Labute approximate surface area is 126 Å². The van der Waals surface area contributed by atoms with Crippen molar-refractivity contribution < 1.29 is 0 Å². The van der Waals surface area contributed by atoms with Crippen LogP contribution in [0.1, 0.15) is 31.2 Å². The van der Waals surface area contributed by atoms with Crippen LogP contribution in [-0.4, -0.2) is 35.2 Å². The number of thiocarbonyl (C=S) groups is 1. The molecule has 1 aliphatic carbocycles. The Hall–Kier alpha value is -1.13. The minimum atomic E-state index is 0.492. The van der Waals surface area contributed by atoms with Crippen molar-refractivity contribution in [2.75, 3.05) is 13.1 Å². The van der Waals surface area contributed by atoms with Crippen molar-refractivity contribution in [2.24, 2.45) is 0 Å². The van der Waals surface area contributed by atoms with Gasteiger partial charge in [-0.2, -0.15) is 0 Å². The maximum absolute atomic E-state index is 5.38. The van der Waals surface area contributed by atoms with Crippen LogP contribution in [0.5, 0.6) is 0 Å². The SMILES string of the molecule is S=C(NC1CC1)NC1CCCN(Cc2ccccc2)C1. The Morgan fingerprint density at radius 3 is 2.60 bits per heavy atom. The van der Waals surface area contributed by atoms with Crippen molar-refractivity contribution in [3.63, 3.8) is 0 Å². The average Bonchev–Trinajstić information content (AvgIpc) is 3.24. The molecular formula is C16H23N3S. The summed E-state index contributed by atoms with van der Waals surface area (Å²) in [6, 6.07) is 11.8. The lowest BCUT2D eigenvalue weighted by atomic mass is 10.0. The number of nitrogens with zero attached hydrogens (tertiary/aromatic N) is 1. The van der Waals surface area contributed by atoms with E-state index in [0.29, 0.717) is 12.1 Å². The molecule has 1 heterocycles. The third-order valence-corrected chi connectivity index (χ3v) is 4.24. The summed E-state index contributed by atoms with van der Waals surface area (Å²) in [6.07, 6.45) is 5.01. The largest absolute Gasteiger partial charge is 0.360 e. The van der Waals surface area contributed by atoms with Gasteiger partial charge in [0.1, 0.15) is 0 Å². The van der Waals surface area contributed by atoms with Crippen LogP contribution in [0.25, 0.3) is 0 Å². The smallest absolute Gasteiger partial charge is 0.166 e. The first kappa shape index (κ1) is 13.8. The van der Waals surface area contributed by atoms with Gasteiger partial charge in [0.25, 0.3) is 0 Å². The lowest BCUT2D eigenvalue weighted by Crippen LogP contribution is -2.50. The van der Waals surface area contributed by atoms with Gasteiger partial charge in [0, 0.05) is 25.2 Å². The first-order valence-corrected chi connectivity index (χ1v) is 8.04. The lowest BCUT2D eigenvalue weighted by Gasteiger charge is -2.33. The van der Waals surface area contributed by atoms with Crippen molar-refractivity contribution in [3.05, 3.63) is 35.9 Å². The number of hydrogen-bond acceptors (Lipinski definition) is 2. The summed E-state index contributed by atoms with van der Waals surface area (Å²) in [4.78, 5) is 2.52. The monoisotopic (exact) mass is 289 g/mol. The van der Waals surface area contributed by atoms with Crippen LogP contribution in [0.4, 0.5) is 0 Å². The van der Waals surface area contributed by atoms with Gasteiger partial charge >= 0.3 is 0 Å². The van der Waals surface area contributed by atoms with Crippen molar-refractivity contribution in [1.82, 2.24) is 15.5 Å². The predicted octanol–water partition coefficient (Wildman–Crippen LogP) is 2.28.